The third-order valence-corrected chi connectivity index (χ3v) is 4.91. The molecule has 0 bridgehead atoms. The van der Waals surface area contributed by atoms with Crippen LogP contribution in [0.25, 0.3) is 16.8 Å². The molecule has 1 amide bonds. The Morgan fingerprint density at radius 2 is 1.50 bits per heavy atom. The van der Waals surface area contributed by atoms with Crippen molar-refractivity contribution in [1.29, 1.82) is 0 Å². The van der Waals surface area contributed by atoms with Gasteiger partial charge in [-0.3, -0.25) is 9.59 Å². The number of carbonyl (C=O) groups excluding carboxylic acids is 1. The molecular weight excluding hydrogens is 398 g/mol. The quantitative estimate of drug-likeness (QED) is 0.503. The van der Waals surface area contributed by atoms with Crippen molar-refractivity contribution in [1.82, 2.24) is 9.78 Å². The molecule has 148 valence electrons. The van der Waals surface area contributed by atoms with Crippen LogP contribution in [0.2, 0.25) is 5.02 Å². The lowest BCUT2D eigenvalue weighted by Crippen LogP contribution is -2.24. The minimum Gasteiger partial charge on any atom is -0.306 e. The first kappa shape index (κ1) is 19.6. The highest BCUT2D eigenvalue weighted by Gasteiger charge is 2.20. The largest absolute Gasteiger partial charge is 0.306 e. The number of rotatable bonds is 4. The van der Waals surface area contributed by atoms with E-state index in [1.54, 1.807) is 60.1 Å². The second-order valence-electron chi connectivity index (χ2n) is 6.71. The number of halogens is 1. The fourth-order valence-electron chi connectivity index (χ4n) is 3.16. The predicted octanol–water partition coefficient (Wildman–Crippen LogP) is 5.11. The van der Waals surface area contributed by atoms with E-state index in [9.17, 15) is 9.59 Å². The summed E-state index contributed by atoms with van der Waals surface area (Å²) in [5, 5.41) is 7.92. The Kier molecular flexibility index (Phi) is 5.46. The van der Waals surface area contributed by atoms with Crippen molar-refractivity contribution in [3.05, 3.63) is 111 Å². The van der Waals surface area contributed by atoms with Gasteiger partial charge in [-0.05, 0) is 48.9 Å². The van der Waals surface area contributed by atoms with Crippen molar-refractivity contribution < 1.29 is 4.79 Å². The Balaban J connectivity index is 1.96. The van der Waals surface area contributed by atoms with Crippen LogP contribution in [0.4, 0.5) is 5.82 Å². The van der Waals surface area contributed by atoms with Gasteiger partial charge in [0, 0.05) is 10.6 Å². The Morgan fingerprint density at radius 1 is 0.900 bits per heavy atom. The molecule has 3 aromatic carbocycles. The highest BCUT2D eigenvalue weighted by atomic mass is 35.5. The normalized spacial score (nSPS) is 10.6. The maximum absolute atomic E-state index is 13.1. The third-order valence-electron chi connectivity index (χ3n) is 4.66. The number of para-hydroxylation sites is 1. The van der Waals surface area contributed by atoms with Crippen LogP contribution in [0.1, 0.15) is 16.1 Å². The summed E-state index contributed by atoms with van der Waals surface area (Å²) in [4.78, 5) is 26.1. The molecule has 1 N–H and O–H groups in total. The molecule has 0 unspecified atom stereocenters. The number of benzene rings is 3. The third kappa shape index (κ3) is 3.88. The highest BCUT2D eigenvalue weighted by Crippen LogP contribution is 2.28. The Bertz CT molecular complexity index is 1250. The lowest BCUT2D eigenvalue weighted by Gasteiger charge is -2.18. The summed E-state index contributed by atoms with van der Waals surface area (Å²) in [7, 11) is 0. The molecule has 0 aliphatic carbocycles. The van der Waals surface area contributed by atoms with Crippen LogP contribution >= 0.6 is 11.6 Å². The summed E-state index contributed by atoms with van der Waals surface area (Å²) >= 11 is 6.04. The number of aromatic nitrogens is 2. The molecule has 0 saturated carbocycles. The van der Waals surface area contributed by atoms with Gasteiger partial charge < -0.3 is 5.32 Å². The number of hydrogen-bond donors (Lipinski definition) is 1. The fourth-order valence-corrected chi connectivity index (χ4v) is 3.29. The Morgan fingerprint density at radius 3 is 2.13 bits per heavy atom. The van der Waals surface area contributed by atoms with Crippen molar-refractivity contribution >= 4 is 23.3 Å². The SMILES string of the molecule is Cc1nn(-c2ccccc2)c(NC(=O)c2ccccc2)c(-c2ccc(Cl)cc2)c1=O. The molecule has 0 atom stereocenters. The molecule has 1 aromatic heterocycles. The molecule has 0 aliphatic heterocycles. The summed E-state index contributed by atoms with van der Waals surface area (Å²) < 4.78 is 1.58. The van der Waals surface area contributed by atoms with Gasteiger partial charge in [-0.2, -0.15) is 5.10 Å². The van der Waals surface area contributed by atoms with E-state index in [0.29, 0.717) is 33.2 Å². The van der Waals surface area contributed by atoms with Gasteiger partial charge in [-0.15, -0.1) is 0 Å². The molecule has 4 rings (SSSR count). The highest BCUT2D eigenvalue weighted by molar-refractivity contribution is 6.30. The second-order valence-corrected chi connectivity index (χ2v) is 7.15. The molecular formula is C24H18ClN3O2. The van der Waals surface area contributed by atoms with Gasteiger partial charge in [0.1, 0.15) is 11.5 Å². The van der Waals surface area contributed by atoms with E-state index in [-0.39, 0.29) is 11.3 Å². The molecule has 0 fully saturated rings. The molecule has 5 nitrogen and oxygen atoms in total. The maximum Gasteiger partial charge on any atom is 0.256 e. The molecule has 1 heterocycles. The first-order valence-electron chi connectivity index (χ1n) is 9.36. The summed E-state index contributed by atoms with van der Waals surface area (Å²) in [5.74, 6) is -0.0338. The minimum atomic E-state index is -0.333. The molecule has 0 saturated heterocycles. The van der Waals surface area contributed by atoms with Gasteiger partial charge >= 0.3 is 0 Å². The van der Waals surface area contributed by atoms with E-state index in [1.165, 1.54) is 0 Å². The van der Waals surface area contributed by atoms with Crippen LogP contribution in [0.15, 0.2) is 89.7 Å². The van der Waals surface area contributed by atoms with Crippen molar-refractivity contribution in [2.75, 3.05) is 5.32 Å². The first-order chi connectivity index (χ1) is 14.5. The van der Waals surface area contributed by atoms with E-state index in [4.69, 9.17) is 11.6 Å². The van der Waals surface area contributed by atoms with Crippen molar-refractivity contribution in [3.63, 3.8) is 0 Å². The van der Waals surface area contributed by atoms with Gasteiger partial charge in [-0.1, -0.05) is 60.1 Å². The number of carbonyl (C=O) groups is 1. The van der Waals surface area contributed by atoms with Crippen molar-refractivity contribution in [2.45, 2.75) is 6.92 Å². The topological polar surface area (TPSA) is 64.0 Å². The Labute approximate surface area is 178 Å². The van der Waals surface area contributed by atoms with Crippen LogP contribution in [0, 0.1) is 6.92 Å². The van der Waals surface area contributed by atoms with Crippen LogP contribution < -0.4 is 10.7 Å². The average Bonchev–Trinajstić information content (AvgIpc) is 2.78. The van der Waals surface area contributed by atoms with E-state index >= 15 is 0 Å². The number of anilines is 1. The summed E-state index contributed by atoms with van der Waals surface area (Å²) in [6.07, 6.45) is 0. The number of hydrogen-bond acceptors (Lipinski definition) is 3. The predicted molar refractivity (Wildman–Crippen MR) is 119 cm³/mol. The maximum atomic E-state index is 13.1. The second kappa shape index (κ2) is 8.35. The number of amides is 1. The van der Waals surface area contributed by atoms with E-state index in [0.717, 1.165) is 5.69 Å². The lowest BCUT2D eigenvalue weighted by atomic mass is 10.0. The molecule has 0 spiro atoms. The zero-order valence-electron chi connectivity index (χ0n) is 16.2. The fraction of sp³-hybridized carbons (Fsp3) is 0.0417. The van der Waals surface area contributed by atoms with Crippen LogP contribution in [-0.2, 0) is 0 Å². The van der Waals surface area contributed by atoms with Gasteiger partial charge in [0.15, 0.2) is 0 Å². The molecule has 0 radical (unpaired) electrons. The lowest BCUT2D eigenvalue weighted by molar-refractivity contribution is 0.102. The number of nitrogens with one attached hydrogen (secondary N) is 1. The molecule has 0 aliphatic rings. The number of aryl methyl sites for hydroxylation is 1. The van der Waals surface area contributed by atoms with E-state index < -0.39 is 0 Å². The van der Waals surface area contributed by atoms with Gasteiger partial charge in [0.25, 0.3) is 5.91 Å². The Hall–Kier alpha value is -3.70. The first-order valence-corrected chi connectivity index (χ1v) is 9.74. The summed E-state index contributed by atoms with van der Waals surface area (Å²) in [6, 6.07) is 25.1. The van der Waals surface area contributed by atoms with Crippen LogP contribution in [0.3, 0.4) is 0 Å². The zero-order valence-corrected chi connectivity index (χ0v) is 16.9. The van der Waals surface area contributed by atoms with Gasteiger partial charge in [0.05, 0.1) is 11.3 Å². The average molecular weight is 416 g/mol. The standard InChI is InChI=1S/C24H18ClN3O2/c1-16-22(29)21(17-12-14-19(25)15-13-17)23(26-24(30)18-8-4-2-5-9-18)28(27-16)20-10-6-3-7-11-20/h2-15H,1H3,(H,26,30). The zero-order chi connectivity index (χ0) is 21.1. The molecule has 6 heteroatoms. The monoisotopic (exact) mass is 415 g/mol. The van der Waals surface area contributed by atoms with Crippen molar-refractivity contribution in [2.24, 2.45) is 0 Å². The van der Waals surface area contributed by atoms with Gasteiger partial charge in [0.2, 0.25) is 5.43 Å². The summed E-state index contributed by atoms with van der Waals surface area (Å²) in [6.45, 7) is 1.66. The van der Waals surface area contributed by atoms with Crippen LogP contribution in [0.5, 0.6) is 0 Å². The summed E-state index contributed by atoms with van der Waals surface area (Å²) in [5.41, 5.74) is 2.26. The molecule has 30 heavy (non-hydrogen) atoms. The van der Waals surface area contributed by atoms with E-state index in [1.807, 2.05) is 36.4 Å². The van der Waals surface area contributed by atoms with Gasteiger partial charge in [-0.25, -0.2) is 4.68 Å². The molecule has 4 aromatic rings. The smallest absolute Gasteiger partial charge is 0.256 e. The minimum absolute atomic E-state index is 0.257. The number of nitrogens with zero attached hydrogens (tertiary/aromatic N) is 2. The van der Waals surface area contributed by atoms with Crippen LogP contribution in [-0.4, -0.2) is 15.7 Å². The van der Waals surface area contributed by atoms with Crippen molar-refractivity contribution in [3.8, 4) is 16.8 Å². The van der Waals surface area contributed by atoms with E-state index in [2.05, 4.69) is 10.4 Å².